The van der Waals surface area contributed by atoms with E-state index in [-0.39, 0.29) is 5.91 Å². The summed E-state index contributed by atoms with van der Waals surface area (Å²) in [7, 11) is 0. The molecule has 6 heteroatoms. The van der Waals surface area contributed by atoms with Crippen LogP contribution in [0.5, 0.6) is 0 Å². The molecule has 0 aliphatic carbocycles. The Labute approximate surface area is 141 Å². The van der Waals surface area contributed by atoms with Crippen LogP contribution < -0.4 is 5.32 Å². The monoisotopic (exact) mass is 332 g/mol. The summed E-state index contributed by atoms with van der Waals surface area (Å²) in [6.45, 7) is 3.59. The van der Waals surface area contributed by atoms with E-state index in [1.165, 1.54) is 0 Å². The molecule has 0 saturated carbocycles. The molecule has 0 unspecified atom stereocenters. The van der Waals surface area contributed by atoms with Crippen LogP contribution in [-0.4, -0.2) is 40.4 Å². The Morgan fingerprint density at radius 1 is 1.48 bits per heavy atom. The number of halogens is 1. The van der Waals surface area contributed by atoms with Gasteiger partial charge in [-0.3, -0.25) is 14.7 Å². The van der Waals surface area contributed by atoms with Gasteiger partial charge in [0.25, 0.3) is 5.91 Å². The van der Waals surface area contributed by atoms with E-state index in [9.17, 15) is 4.79 Å². The molecule has 2 aromatic rings. The Balaban J connectivity index is 1.50. The highest BCUT2D eigenvalue weighted by molar-refractivity contribution is 6.31. The Morgan fingerprint density at radius 3 is 3.17 bits per heavy atom. The van der Waals surface area contributed by atoms with E-state index < -0.39 is 0 Å². The number of rotatable bonds is 5. The van der Waals surface area contributed by atoms with E-state index in [4.69, 9.17) is 11.6 Å². The molecule has 0 bridgehead atoms. The number of carbonyl (C=O) groups excluding carboxylic acids is 1. The zero-order valence-electron chi connectivity index (χ0n) is 13.0. The van der Waals surface area contributed by atoms with Gasteiger partial charge < -0.3 is 10.3 Å². The van der Waals surface area contributed by atoms with Gasteiger partial charge in [0.2, 0.25) is 0 Å². The number of hydrogen-bond donors (Lipinski definition) is 2. The summed E-state index contributed by atoms with van der Waals surface area (Å²) < 4.78 is 0. The summed E-state index contributed by atoms with van der Waals surface area (Å²) in [5, 5.41) is 3.73. The molecule has 0 spiro atoms. The maximum Gasteiger partial charge on any atom is 0.267 e. The van der Waals surface area contributed by atoms with Gasteiger partial charge in [0.15, 0.2) is 0 Å². The van der Waals surface area contributed by atoms with Crippen molar-refractivity contribution in [1.29, 1.82) is 0 Å². The van der Waals surface area contributed by atoms with E-state index >= 15 is 0 Å². The van der Waals surface area contributed by atoms with E-state index in [1.54, 1.807) is 24.7 Å². The lowest BCUT2D eigenvalue weighted by Gasteiger charge is -2.33. The Kier molecular flexibility index (Phi) is 5.31. The van der Waals surface area contributed by atoms with Gasteiger partial charge in [0, 0.05) is 38.2 Å². The lowest BCUT2D eigenvalue weighted by atomic mass is 9.97. The van der Waals surface area contributed by atoms with Crippen molar-refractivity contribution in [3.05, 3.63) is 53.1 Å². The zero-order valence-corrected chi connectivity index (χ0v) is 13.7. The number of carbonyl (C=O) groups is 1. The smallest absolute Gasteiger partial charge is 0.267 e. The van der Waals surface area contributed by atoms with Gasteiger partial charge in [-0.2, -0.15) is 0 Å². The van der Waals surface area contributed by atoms with Crippen molar-refractivity contribution in [2.75, 3.05) is 19.6 Å². The lowest BCUT2D eigenvalue weighted by Crippen LogP contribution is -2.40. The molecule has 2 N–H and O–H groups in total. The molecule has 1 saturated heterocycles. The lowest BCUT2D eigenvalue weighted by molar-refractivity contribution is 0.0926. The van der Waals surface area contributed by atoms with E-state index in [0.717, 1.165) is 43.1 Å². The summed E-state index contributed by atoms with van der Waals surface area (Å²) in [5.74, 6) is 0.438. The van der Waals surface area contributed by atoms with Gasteiger partial charge in [0.1, 0.15) is 5.69 Å². The highest BCUT2D eigenvalue weighted by atomic mass is 35.5. The third-order valence-corrected chi connectivity index (χ3v) is 4.59. The standard InChI is InChI=1S/C17H21ClN4O/c18-15-10-19-7-5-14(15)12-22-8-2-3-13(11-22)9-21-17(23)16-4-1-6-20-16/h1,4-7,10,13,20H,2-3,8-9,11-12H2,(H,21,23)/t13-/m1/s1. The van der Waals surface area contributed by atoms with Crippen LogP contribution in [-0.2, 0) is 6.54 Å². The predicted octanol–water partition coefficient (Wildman–Crippen LogP) is 2.71. The highest BCUT2D eigenvalue weighted by Gasteiger charge is 2.21. The normalized spacial score (nSPS) is 18.7. The third-order valence-electron chi connectivity index (χ3n) is 4.25. The van der Waals surface area contributed by atoms with Crippen molar-refractivity contribution in [1.82, 2.24) is 20.2 Å². The second-order valence-corrected chi connectivity index (χ2v) is 6.41. The average molecular weight is 333 g/mol. The second-order valence-electron chi connectivity index (χ2n) is 6.00. The molecule has 1 amide bonds. The summed E-state index contributed by atoms with van der Waals surface area (Å²) in [6, 6.07) is 5.59. The minimum absolute atomic E-state index is 0.0377. The number of aromatic amines is 1. The van der Waals surface area contributed by atoms with Crippen molar-refractivity contribution in [3.8, 4) is 0 Å². The number of aromatic nitrogens is 2. The topological polar surface area (TPSA) is 61.0 Å². The number of likely N-dealkylation sites (tertiary alicyclic amines) is 1. The minimum Gasteiger partial charge on any atom is -0.357 e. The van der Waals surface area contributed by atoms with Gasteiger partial charge in [-0.15, -0.1) is 0 Å². The molecule has 3 heterocycles. The molecular weight excluding hydrogens is 312 g/mol. The molecule has 2 aromatic heterocycles. The van der Waals surface area contributed by atoms with E-state index in [0.29, 0.717) is 18.2 Å². The number of nitrogens with one attached hydrogen (secondary N) is 2. The molecule has 1 fully saturated rings. The Morgan fingerprint density at radius 2 is 2.39 bits per heavy atom. The molecule has 3 rings (SSSR count). The van der Waals surface area contributed by atoms with Crippen LogP contribution in [0.1, 0.15) is 28.9 Å². The predicted molar refractivity (Wildman–Crippen MR) is 90.4 cm³/mol. The van der Waals surface area contributed by atoms with Crippen LogP contribution in [0.2, 0.25) is 5.02 Å². The second kappa shape index (κ2) is 7.62. The average Bonchev–Trinajstić information content (AvgIpc) is 3.10. The molecule has 1 atom stereocenters. The van der Waals surface area contributed by atoms with Gasteiger partial charge in [-0.25, -0.2) is 0 Å². The van der Waals surface area contributed by atoms with Crippen LogP contribution in [0.4, 0.5) is 0 Å². The summed E-state index contributed by atoms with van der Waals surface area (Å²) in [5.41, 5.74) is 1.72. The van der Waals surface area contributed by atoms with Crippen LogP contribution >= 0.6 is 11.6 Å². The van der Waals surface area contributed by atoms with Crippen LogP contribution in [0, 0.1) is 5.92 Å². The summed E-state index contributed by atoms with van der Waals surface area (Å²) in [6.07, 6.45) is 7.52. The fourth-order valence-corrected chi connectivity index (χ4v) is 3.22. The maximum atomic E-state index is 12.0. The largest absolute Gasteiger partial charge is 0.357 e. The van der Waals surface area contributed by atoms with E-state index in [2.05, 4.69) is 20.2 Å². The van der Waals surface area contributed by atoms with Crippen LogP contribution in [0.15, 0.2) is 36.8 Å². The first-order chi connectivity index (χ1) is 11.2. The summed E-state index contributed by atoms with van der Waals surface area (Å²) >= 11 is 6.19. The maximum absolute atomic E-state index is 12.0. The molecule has 122 valence electrons. The van der Waals surface area contributed by atoms with Crippen molar-refractivity contribution in [2.45, 2.75) is 19.4 Å². The van der Waals surface area contributed by atoms with Crippen molar-refractivity contribution >= 4 is 17.5 Å². The van der Waals surface area contributed by atoms with Crippen molar-refractivity contribution < 1.29 is 4.79 Å². The SMILES string of the molecule is O=C(NC[C@H]1CCCN(Cc2ccncc2Cl)C1)c1ccc[nH]1. The minimum atomic E-state index is -0.0377. The quantitative estimate of drug-likeness (QED) is 0.885. The van der Waals surface area contributed by atoms with Gasteiger partial charge in [0.05, 0.1) is 5.02 Å². The third kappa shape index (κ3) is 4.33. The molecule has 1 aliphatic rings. The van der Waals surface area contributed by atoms with Gasteiger partial charge >= 0.3 is 0 Å². The highest BCUT2D eigenvalue weighted by Crippen LogP contribution is 2.21. The number of pyridine rings is 1. The van der Waals surface area contributed by atoms with Gasteiger partial charge in [-0.1, -0.05) is 11.6 Å². The number of nitrogens with zero attached hydrogens (tertiary/aromatic N) is 2. The molecule has 23 heavy (non-hydrogen) atoms. The first-order valence-electron chi connectivity index (χ1n) is 7.94. The Bertz CT molecular complexity index is 644. The number of piperidine rings is 1. The molecular formula is C17H21ClN4O. The first kappa shape index (κ1) is 16.0. The fraction of sp³-hybridized carbons (Fsp3) is 0.412. The fourth-order valence-electron chi connectivity index (χ4n) is 3.04. The number of amides is 1. The van der Waals surface area contributed by atoms with Crippen molar-refractivity contribution in [3.63, 3.8) is 0 Å². The number of hydrogen-bond acceptors (Lipinski definition) is 3. The summed E-state index contributed by atoms with van der Waals surface area (Å²) in [4.78, 5) is 21.3. The first-order valence-corrected chi connectivity index (χ1v) is 8.32. The van der Waals surface area contributed by atoms with Crippen molar-refractivity contribution in [2.24, 2.45) is 5.92 Å². The van der Waals surface area contributed by atoms with Crippen LogP contribution in [0.3, 0.4) is 0 Å². The van der Waals surface area contributed by atoms with E-state index in [1.807, 2.05) is 12.1 Å². The van der Waals surface area contributed by atoms with Gasteiger partial charge in [-0.05, 0) is 49.1 Å². The molecule has 1 aliphatic heterocycles. The molecule has 0 radical (unpaired) electrons. The zero-order chi connectivity index (χ0) is 16.1. The van der Waals surface area contributed by atoms with Crippen LogP contribution in [0.25, 0.3) is 0 Å². The molecule has 5 nitrogen and oxygen atoms in total. The Hall–Kier alpha value is -1.85. The number of H-pyrrole nitrogens is 1. The molecule has 0 aromatic carbocycles.